The Labute approximate surface area is 157 Å². The van der Waals surface area contributed by atoms with Crippen LogP contribution < -0.4 is 5.32 Å². The zero-order chi connectivity index (χ0) is 17.9. The number of aryl methyl sites for hydroxylation is 1. The highest BCUT2D eigenvalue weighted by Crippen LogP contribution is 2.33. The van der Waals surface area contributed by atoms with Gasteiger partial charge in [-0.3, -0.25) is 9.59 Å². The molecule has 6 heteroatoms. The predicted molar refractivity (Wildman–Crippen MR) is 100 cm³/mol. The van der Waals surface area contributed by atoms with E-state index in [0.29, 0.717) is 6.54 Å². The van der Waals surface area contributed by atoms with Gasteiger partial charge in [0, 0.05) is 23.9 Å². The summed E-state index contributed by atoms with van der Waals surface area (Å²) >= 11 is 1.62. The van der Waals surface area contributed by atoms with E-state index in [4.69, 9.17) is 4.42 Å². The minimum atomic E-state index is -0.0231. The topological polar surface area (TPSA) is 62.6 Å². The SMILES string of the molecule is O=C(NCc1ccco1)[C@H]1CCc2sc(C(=O)N3CCCCC3)cc2C1. The van der Waals surface area contributed by atoms with Crippen LogP contribution in [0.15, 0.2) is 28.9 Å². The first kappa shape index (κ1) is 17.3. The summed E-state index contributed by atoms with van der Waals surface area (Å²) in [5.74, 6) is 0.981. The number of piperidine rings is 1. The average Bonchev–Trinajstić information content (AvgIpc) is 3.35. The van der Waals surface area contributed by atoms with Crippen molar-refractivity contribution in [1.29, 1.82) is 0 Å². The highest BCUT2D eigenvalue weighted by Gasteiger charge is 2.28. The summed E-state index contributed by atoms with van der Waals surface area (Å²) in [7, 11) is 0. The number of rotatable bonds is 4. The van der Waals surface area contributed by atoms with Crippen LogP contribution in [0.3, 0.4) is 0 Å². The third-order valence-electron chi connectivity index (χ3n) is 5.32. The van der Waals surface area contributed by atoms with Gasteiger partial charge in [0.15, 0.2) is 0 Å². The number of amides is 2. The van der Waals surface area contributed by atoms with Gasteiger partial charge in [0.2, 0.25) is 5.91 Å². The van der Waals surface area contributed by atoms with Crippen molar-refractivity contribution in [2.75, 3.05) is 13.1 Å². The Morgan fingerprint density at radius 2 is 2.12 bits per heavy atom. The van der Waals surface area contributed by atoms with E-state index in [0.717, 1.165) is 55.8 Å². The van der Waals surface area contributed by atoms with Crippen LogP contribution in [0, 0.1) is 5.92 Å². The molecule has 0 bridgehead atoms. The van der Waals surface area contributed by atoms with Gasteiger partial charge in [0.1, 0.15) is 5.76 Å². The lowest BCUT2D eigenvalue weighted by Gasteiger charge is -2.26. The largest absolute Gasteiger partial charge is 0.467 e. The van der Waals surface area contributed by atoms with Gasteiger partial charge in [0.05, 0.1) is 17.7 Å². The Hall–Kier alpha value is -2.08. The number of likely N-dealkylation sites (tertiary alicyclic amines) is 1. The molecule has 4 rings (SSSR count). The first-order valence-corrected chi connectivity index (χ1v) is 10.2. The lowest BCUT2D eigenvalue weighted by Crippen LogP contribution is -2.35. The molecule has 2 aromatic rings. The van der Waals surface area contributed by atoms with Crippen LogP contribution in [0.4, 0.5) is 0 Å². The maximum Gasteiger partial charge on any atom is 0.263 e. The van der Waals surface area contributed by atoms with Crippen LogP contribution in [-0.2, 0) is 24.2 Å². The van der Waals surface area contributed by atoms with Crippen molar-refractivity contribution >= 4 is 23.2 Å². The molecule has 3 heterocycles. The van der Waals surface area contributed by atoms with E-state index in [1.54, 1.807) is 17.6 Å². The molecule has 1 aliphatic carbocycles. The monoisotopic (exact) mass is 372 g/mol. The van der Waals surface area contributed by atoms with Gasteiger partial charge in [-0.15, -0.1) is 11.3 Å². The second-order valence-electron chi connectivity index (χ2n) is 7.15. The van der Waals surface area contributed by atoms with Crippen LogP contribution in [0.5, 0.6) is 0 Å². The molecule has 2 amide bonds. The molecule has 0 unspecified atom stereocenters. The normalized spacial score (nSPS) is 19.8. The maximum atomic E-state index is 12.7. The van der Waals surface area contributed by atoms with E-state index in [2.05, 4.69) is 5.32 Å². The smallest absolute Gasteiger partial charge is 0.263 e. The van der Waals surface area contributed by atoms with Gasteiger partial charge in [-0.2, -0.15) is 0 Å². The molecule has 26 heavy (non-hydrogen) atoms. The first-order chi connectivity index (χ1) is 12.7. The highest BCUT2D eigenvalue weighted by atomic mass is 32.1. The molecule has 2 aliphatic rings. The Bertz CT molecular complexity index is 775. The molecule has 1 atom stereocenters. The first-order valence-electron chi connectivity index (χ1n) is 9.41. The van der Waals surface area contributed by atoms with Gasteiger partial charge < -0.3 is 14.6 Å². The van der Waals surface area contributed by atoms with Crippen molar-refractivity contribution in [1.82, 2.24) is 10.2 Å². The number of hydrogen-bond donors (Lipinski definition) is 1. The third kappa shape index (κ3) is 3.70. The van der Waals surface area contributed by atoms with Gasteiger partial charge in [-0.1, -0.05) is 0 Å². The predicted octanol–water partition coefficient (Wildman–Crippen LogP) is 3.39. The molecular formula is C20H24N2O3S. The van der Waals surface area contributed by atoms with Crippen LogP contribution >= 0.6 is 11.3 Å². The maximum absolute atomic E-state index is 12.7. The molecule has 5 nitrogen and oxygen atoms in total. The molecule has 1 N–H and O–H groups in total. The van der Waals surface area contributed by atoms with E-state index < -0.39 is 0 Å². The summed E-state index contributed by atoms with van der Waals surface area (Å²) < 4.78 is 5.26. The lowest BCUT2D eigenvalue weighted by atomic mass is 9.87. The van der Waals surface area contributed by atoms with Crippen LogP contribution in [-0.4, -0.2) is 29.8 Å². The number of furan rings is 1. The average molecular weight is 372 g/mol. The van der Waals surface area contributed by atoms with Gasteiger partial charge >= 0.3 is 0 Å². The molecular weight excluding hydrogens is 348 g/mol. The molecule has 138 valence electrons. The number of carbonyl (C=O) groups is 2. The fourth-order valence-corrected chi connectivity index (χ4v) is 5.01. The highest BCUT2D eigenvalue weighted by molar-refractivity contribution is 7.14. The number of hydrogen-bond acceptors (Lipinski definition) is 4. The summed E-state index contributed by atoms with van der Waals surface area (Å²) in [5, 5.41) is 2.96. The van der Waals surface area contributed by atoms with Crippen molar-refractivity contribution < 1.29 is 14.0 Å². The van der Waals surface area contributed by atoms with E-state index in [-0.39, 0.29) is 17.7 Å². The number of carbonyl (C=O) groups excluding carboxylic acids is 2. The van der Waals surface area contributed by atoms with Gasteiger partial charge in [0.25, 0.3) is 5.91 Å². The summed E-state index contributed by atoms with van der Waals surface area (Å²) in [6, 6.07) is 5.71. The molecule has 1 fully saturated rings. The minimum Gasteiger partial charge on any atom is -0.467 e. The van der Waals surface area contributed by atoms with E-state index in [9.17, 15) is 9.59 Å². The second kappa shape index (κ2) is 7.66. The number of thiophene rings is 1. The standard InChI is InChI=1S/C20H24N2O3S/c23-19(21-13-16-5-4-10-25-16)14-6-7-17-15(11-14)12-18(26-17)20(24)22-8-2-1-3-9-22/h4-5,10,12,14H,1-3,6-9,11,13H2,(H,21,23)/t14-/m0/s1. The quantitative estimate of drug-likeness (QED) is 0.895. The van der Waals surface area contributed by atoms with E-state index in [1.165, 1.54) is 16.9 Å². The van der Waals surface area contributed by atoms with Gasteiger partial charge in [-0.05, 0) is 62.3 Å². The Balaban J connectivity index is 1.38. The van der Waals surface area contributed by atoms with Crippen molar-refractivity contribution in [2.45, 2.75) is 45.1 Å². The Kier molecular flexibility index (Phi) is 5.11. The fraction of sp³-hybridized carbons (Fsp3) is 0.500. The summed E-state index contributed by atoms with van der Waals surface area (Å²) in [4.78, 5) is 29.3. The van der Waals surface area contributed by atoms with E-state index >= 15 is 0 Å². The van der Waals surface area contributed by atoms with Crippen molar-refractivity contribution in [3.63, 3.8) is 0 Å². The molecule has 1 saturated heterocycles. The summed E-state index contributed by atoms with van der Waals surface area (Å²) in [5.41, 5.74) is 1.18. The third-order valence-corrected chi connectivity index (χ3v) is 6.55. The summed E-state index contributed by atoms with van der Waals surface area (Å²) in [6.07, 6.45) is 7.49. The number of nitrogens with zero attached hydrogens (tertiary/aromatic N) is 1. The molecule has 0 radical (unpaired) electrons. The number of nitrogens with one attached hydrogen (secondary N) is 1. The van der Waals surface area contributed by atoms with Crippen molar-refractivity contribution in [2.24, 2.45) is 5.92 Å². The molecule has 0 spiro atoms. The summed E-state index contributed by atoms with van der Waals surface area (Å²) in [6.45, 7) is 2.18. The molecule has 0 saturated carbocycles. The minimum absolute atomic E-state index is 0.0231. The lowest BCUT2D eigenvalue weighted by molar-refractivity contribution is -0.125. The second-order valence-corrected chi connectivity index (χ2v) is 8.29. The van der Waals surface area contributed by atoms with Crippen LogP contribution in [0.2, 0.25) is 0 Å². The fourth-order valence-electron chi connectivity index (χ4n) is 3.84. The number of fused-ring (bicyclic) bond motifs is 1. The van der Waals surface area contributed by atoms with Crippen molar-refractivity contribution in [3.8, 4) is 0 Å². The molecule has 1 aliphatic heterocycles. The van der Waals surface area contributed by atoms with Gasteiger partial charge in [-0.25, -0.2) is 0 Å². The Morgan fingerprint density at radius 3 is 2.88 bits per heavy atom. The van der Waals surface area contributed by atoms with Crippen LogP contribution in [0.1, 0.15) is 51.6 Å². The van der Waals surface area contributed by atoms with Crippen molar-refractivity contribution in [3.05, 3.63) is 45.5 Å². The molecule has 2 aromatic heterocycles. The Morgan fingerprint density at radius 1 is 1.27 bits per heavy atom. The zero-order valence-corrected chi connectivity index (χ0v) is 15.6. The van der Waals surface area contributed by atoms with E-state index in [1.807, 2.05) is 23.1 Å². The zero-order valence-electron chi connectivity index (χ0n) is 14.8. The molecule has 0 aromatic carbocycles. The van der Waals surface area contributed by atoms with Crippen LogP contribution in [0.25, 0.3) is 0 Å².